The maximum absolute atomic E-state index is 10.0. The zero-order valence-electron chi connectivity index (χ0n) is 13.4. The lowest BCUT2D eigenvalue weighted by molar-refractivity contribution is 0.153. The van der Waals surface area contributed by atoms with E-state index in [0.717, 1.165) is 47.0 Å². The van der Waals surface area contributed by atoms with Crippen molar-refractivity contribution in [1.82, 2.24) is 9.55 Å². The van der Waals surface area contributed by atoms with Crippen molar-refractivity contribution in [2.75, 3.05) is 18.0 Å². The highest BCUT2D eigenvalue weighted by molar-refractivity contribution is 6.31. The fourth-order valence-electron chi connectivity index (χ4n) is 3.39. The molecule has 4 rings (SSSR count). The third-order valence-corrected chi connectivity index (χ3v) is 4.97. The molecule has 0 spiro atoms. The van der Waals surface area contributed by atoms with Crippen LogP contribution in [-0.4, -0.2) is 33.9 Å². The minimum atomic E-state index is -0.285. The Balaban J connectivity index is 1.80. The number of benzene rings is 2. The second-order valence-corrected chi connectivity index (χ2v) is 6.73. The predicted octanol–water partition coefficient (Wildman–Crippen LogP) is 3.70. The minimum Gasteiger partial charge on any atom is -0.391 e. The van der Waals surface area contributed by atoms with Gasteiger partial charge in [-0.2, -0.15) is 0 Å². The van der Waals surface area contributed by atoms with E-state index in [-0.39, 0.29) is 6.10 Å². The van der Waals surface area contributed by atoms with Crippen LogP contribution in [0, 0.1) is 0 Å². The fraction of sp³-hybridized carbons (Fsp3) is 0.316. The highest BCUT2D eigenvalue weighted by atomic mass is 35.5. The number of aliphatic hydroxyl groups is 1. The van der Waals surface area contributed by atoms with Crippen molar-refractivity contribution in [1.29, 1.82) is 0 Å². The Hall–Kier alpha value is -2.04. The molecule has 0 saturated carbocycles. The molecule has 1 aromatic heterocycles. The Morgan fingerprint density at radius 1 is 1.12 bits per heavy atom. The summed E-state index contributed by atoms with van der Waals surface area (Å²) in [7, 11) is 0. The van der Waals surface area contributed by atoms with Gasteiger partial charge in [0.1, 0.15) is 0 Å². The van der Waals surface area contributed by atoms with Crippen LogP contribution < -0.4 is 4.90 Å². The highest BCUT2D eigenvalue weighted by Gasteiger charge is 2.23. The van der Waals surface area contributed by atoms with Gasteiger partial charge in [-0.1, -0.05) is 41.9 Å². The Bertz CT molecular complexity index is 861. The van der Waals surface area contributed by atoms with E-state index < -0.39 is 0 Å². The van der Waals surface area contributed by atoms with Gasteiger partial charge in [0.15, 0.2) is 0 Å². The monoisotopic (exact) mass is 341 g/mol. The smallest absolute Gasteiger partial charge is 0.206 e. The van der Waals surface area contributed by atoms with Gasteiger partial charge in [0.2, 0.25) is 5.95 Å². The zero-order chi connectivity index (χ0) is 16.5. The predicted molar refractivity (Wildman–Crippen MR) is 97.7 cm³/mol. The largest absolute Gasteiger partial charge is 0.391 e. The van der Waals surface area contributed by atoms with Gasteiger partial charge in [0.05, 0.1) is 23.7 Å². The first-order chi connectivity index (χ1) is 11.7. The molecular weight excluding hydrogens is 322 g/mol. The van der Waals surface area contributed by atoms with Gasteiger partial charge < -0.3 is 14.6 Å². The molecule has 4 nitrogen and oxygen atoms in total. The van der Waals surface area contributed by atoms with Crippen molar-refractivity contribution in [2.45, 2.75) is 25.5 Å². The first kappa shape index (κ1) is 15.5. The molecule has 2 heterocycles. The number of hydrogen-bond acceptors (Lipinski definition) is 3. The van der Waals surface area contributed by atoms with Crippen molar-refractivity contribution >= 4 is 28.6 Å². The summed E-state index contributed by atoms with van der Waals surface area (Å²) in [6, 6.07) is 16.1. The molecule has 1 saturated heterocycles. The molecule has 5 heteroatoms. The van der Waals surface area contributed by atoms with Gasteiger partial charge in [0.25, 0.3) is 0 Å². The summed E-state index contributed by atoms with van der Waals surface area (Å²) < 4.78 is 2.20. The molecule has 1 aliphatic heterocycles. The van der Waals surface area contributed by atoms with E-state index in [4.69, 9.17) is 16.6 Å². The summed E-state index contributed by atoms with van der Waals surface area (Å²) in [5, 5.41) is 10.8. The third kappa shape index (κ3) is 2.87. The fourth-order valence-corrected chi connectivity index (χ4v) is 3.59. The number of aromatic nitrogens is 2. The molecule has 1 aliphatic rings. The van der Waals surface area contributed by atoms with Crippen LogP contribution in [0.3, 0.4) is 0 Å². The van der Waals surface area contributed by atoms with Crippen LogP contribution in [-0.2, 0) is 6.54 Å². The van der Waals surface area contributed by atoms with Gasteiger partial charge in [-0.15, -0.1) is 0 Å². The van der Waals surface area contributed by atoms with Crippen molar-refractivity contribution < 1.29 is 5.11 Å². The molecule has 2 aromatic carbocycles. The third-order valence-electron chi connectivity index (χ3n) is 4.60. The average Bonchev–Trinajstić information content (AvgIpc) is 2.96. The number of rotatable bonds is 3. The molecule has 1 N–H and O–H groups in total. The number of hydrogen-bond donors (Lipinski definition) is 1. The Morgan fingerprint density at radius 3 is 2.75 bits per heavy atom. The topological polar surface area (TPSA) is 41.3 Å². The standard InChI is InChI=1S/C19H20ClN3O/c20-16-8-2-1-6-14(16)12-23-18-10-4-3-9-17(18)21-19(23)22-11-5-7-15(24)13-22/h1-4,6,8-10,15,24H,5,7,11-13H2/t15-/m1/s1. The van der Waals surface area contributed by atoms with E-state index in [9.17, 15) is 5.11 Å². The quantitative estimate of drug-likeness (QED) is 0.789. The Morgan fingerprint density at radius 2 is 1.92 bits per heavy atom. The number of halogens is 1. The Labute approximate surface area is 146 Å². The van der Waals surface area contributed by atoms with Crippen LogP contribution in [0.15, 0.2) is 48.5 Å². The second kappa shape index (κ2) is 6.46. The lowest BCUT2D eigenvalue weighted by atomic mass is 10.1. The van der Waals surface area contributed by atoms with Crippen LogP contribution in [0.25, 0.3) is 11.0 Å². The van der Waals surface area contributed by atoms with Crippen molar-refractivity contribution in [3.63, 3.8) is 0 Å². The summed E-state index contributed by atoms with van der Waals surface area (Å²) in [5.41, 5.74) is 3.13. The molecule has 1 atom stereocenters. The van der Waals surface area contributed by atoms with Crippen LogP contribution in [0.5, 0.6) is 0 Å². The maximum atomic E-state index is 10.0. The number of aliphatic hydroxyl groups excluding tert-OH is 1. The second-order valence-electron chi connectivity index (χ2n) is 6.32. The van der Waals surface area contributed by atoms with E-state index >= 15 is 0 Å². The van der Waals surface area contributed by atoms with Crippen molar-refractivity contribution in [2.24, 2.45) is 0 Å². The van der Waals surface area contributed by atoms with Gasteiger partial charge in [-0.3, -0.25) is 0 Å². The van der Waals surface area contributed by atoms with E-state index in [1.54, 1.807) is 0 Å². The van der Waals surface area contributed by atoms with Gasteiger partial charge >= 0.3 is 0 Å². The Kier molecular flexibility index (Phi) is 4.17. The lowest BCUT2D eigenvalue weighted by Crippen LogP contribution is -2.39. The van der Waals surface area contributed by atoms with E-state index in [0.29, 0.717) is 13.1 Å². The number of nitrogens with zero attached hydrogens (tertiary/aromatic N) is 3. The maximum Gasteiger partial charge on any atom is 0.206 e. The molecular formula is C19H20ClN3O. The van der Waals surface area contributed by atoms with Crippen LogP contribution >= 0.6 is 11.6 Å². The highest BCUT2D eigenvalue weighted by Crippen LogP contribution is 2.27. The number of imidazole rings is 1. The van der Waals surface area contributed by atoms with Gasteiger partial charge in [-0.05, 0) is 36.6 Å². The first-order valence-corrected chi connectivity index (χ1v) is 8.72. The van der Waals surface area contributed by atoms with Crippen molar-refractivity contribution in [3.05, 3.63) is 59.1 Å². The van der Waals surface area contributed by atoms with Crippen LogP contribution in [0.4, 0.5) is 5.95 Å². The SMILES string of the molecule is O[C@@H]1CCCN(c2nc3ccccc3n2Cc2ccccc2Cl)C1. The van der Waals surface area contributed by atoms with Gasteiger partial charge in [-0.25, -0.2) is 4.98 Å². The molecule has 3 aromatic rings. The number of anilines is 1. The number of β-amino-alcohol motifs (C(OH)–C–C–N with tert-alkyl or cyclic N) is 1. The summed E-state index contributed by atoms with van der Waals surface area (Å²) >= 11 is 6.37. The molecule has 124 valence electrons. The molecule has 0 unspecified atom stereocenters. The molecule has 0 amide bonds. The number of para-hydroxylation sites is 2. The molecule has 0 radical (unpaired) electrons. The van der Waals surface area contributed by atoms with Crippen LogP contribution in [0.2, 0.25) is 5.02 Å². The van der Waals surface area contributed by atoms with Gasteiger partial charge in [0, 0.05) is 18.1 Å². The van der Waals surface area contributed by atoms with Crippen molar-refractivity contribution in [3.8, 4) is 0 Å². The zero-order valence-corrected chi connectivity index (χ0v) is 14.2. The summed E-state index contributed by atoms with van der Waals surface area (Å²) in [4.78, 5) is 7.02. The number of fused-ring (bicyclic) bond motifs is 1. The first-order valence-electron chi connectivity index (χ1n) is 8.34. The molecule has 24 heavy (non-hydrogen) atoms. The number of piperidine rings is 1. The lowest BCUT2D eigenvalue weighted by Gasteiger charge is -2.31. The molecule has 0 bridgehead atoms. The van der Waals surface area contributed by atoms with E-state index in [1.165, 1.54) is 0 Å². The minimum absolute atomic E-state index is 0.285. The summed E-state index contributed by atoms with van der Waals surface area (Å²) in [5.74, 6) is 0.912. The molecule has 0 aliphatic carbocycles. The van der Waals surface area contributed by atoms with E-state index in [2.05, 4.69) is 15.5 Å². The summed E-state index contributed by atoms with van der Waals surface area (Å²) in [6.07, 6.45) is 1.56. The summed E-state index contributed by atoms with van der Waals surface area (Å²) in [6.45, 7) is 2.22. The average molecular weight is 342 g/mol. The normalized spacial score (nSPS) is 18.2. The van der Waals surface area contributed by atoms with E-state index in [1.807, 2.05) is 42.5 Å². The van der Waals surface area contributed by atoms with Crippen LogP contribution in [0.1, 0.15) is 18.4 Å². The molecule has 1 fully saturated rings.